The summed E-state index contributed by atoms with van der Waals surface area (Å²) in [5, 5.41) is 3.41. The van der Waals surface area contributed by atoms with Crippen LogP contribution in [0.25, 0.3) is 0 Å². The monoisotopic (exact) mass is 374 g/mol. The molecule has 0 aliphatic heterocycles. The lowest BCUT2D eigenvalue weighted by molar-refractivity contribution is 0.577. The summed E-state index contributed by atoms with van der Waals surface area (Å²) in [6.07, 6.45) is 4.26. The fourth-order valence-electron chi connectivity index (χ4n) is 2.10. The minimum Gasteiger partial charge on any atom is -0.310 e. The molecule has 1 fully saturated rings. The largest absolute Gasteiger partial charge is 0.310 e. The first-order valence-electron chi connectivity index (χ1n) is 7.46. The Hall–Kier alpha value is -0.430. The van der Waals surface area contributed by atoms with E-state index in [4.69, 9.17) is 0 Å². The fourth-order valence-corrected chi connectivity index (χ4v) is 4.13. The van der Waals surface area contributed by atoms with Crippen molar-refractivity contribution in [3.8, 4) is 0 Å². The maximum absolute atomic E-state index is 12.4. The zero-order valence-corrected chi connectivity index (χ0v) is 15.0. The van der Waals surface area contributed by atoms with Crippen LogP contribution in [0, 0.1) is 6.92 Å². The number of sulfonamides is 1. The molecule has 0 saturated heterocycles. The first-order chi connectivity index (χ1) is 9.94. The summed E-state index contributed by atoms with van der Waals surface area (Å²) in [6, 6.07) is 4.38. The summed E-state index contributed by atoms with van der Waals surface area (Å²) in [6.45, 7) is 5.07. The molecule has 1 aliphatic rings. The first-order valence-corrected chi connectivity index (χ1v) is 9.73. The summed E-state index contributed by atoms with van der Waals surface area (Å²) in [4.78, 5) is 0.376. The van der Waals surface area contributed by atoms with Crippen LogP contribution >= 0.6 is 15.9 Å². The van der Waals surface area contributed by atoms with Gasteiger partial charge in [0.15, 0.2) is 0 Å². The fraction of sp³-hybridized carbons (Fsp3) is 0.600. The second kappa shape index (κ2) is 7.22. The van der Waals surface area contributed by atoms with E-state index in [-0.39, 0.29) is 0 Å². The first kappa shape index (κ1) is 16.9. The Bertz CT molecular complexity index is 598. The number of nitrogens with one attached hydrogen (secondary N) is 2. The minimum atomic E-state index is -3.44. The Balaban J connectivity index is 2.19. The van der Waals surface area contributed by atoms with Crippen LogP contribution in [0.2, 0.25) is 0 Å². The molecule has 0 unspecified atom stereocenters. The van der Waals surface area contributed by atoms with Crippen molar-refractivity contribution in [1.82, 2.24) is 10.0 Å². The van der Waals surface area contributed by atoms with Gasteiger partial charge in [-0.3, -0.25) is 0 Å². The molecule has 1 saturated carbocycles. The van der Waals surface area contributed by atoms with Crippen LogP contribution in [-0.4, -0.2) is 21.0 Å². The summed E-state index contributed by atoms with van der Waals surface area (Å²) >= 11 is 3.47. The van der Waals surface area contributed by atoms with Crippen LogP contribution in [0.3, 0.4) is 0 Å². The van der Waals surface area contributed by atoms with Gasteiger partial charge in [0.1, 0.15) is 0 Å². The van der Waals surface area contributed by atoms with Crippen LogP contribution in [0.15, 0.2) is 21.5 Å². The van der Waals surface area contributed by atoms with Gasteiger partial charge in [0.05, 0.1) is 4.90 Å². The Labute approximate surface area is 135 Å². The highest BCUT2D eigenvalue weighted by molar-refractivity contribution is 9.10. The van der Waals surface area contributed by atoms with E-state index >= 15 is 0 Å². The van der Waals surface area contributed by atoms with Crippen molar-refractivity contribution in [3.63, 3.8) is 0 Å². The molecule has 2 rings (SSSR count). The number of halogens is 1. The van der Waals surface area contributed by atoms with Crippen LogP contribution < -0.4 is 10.0 Å². The molecule has 118 valence electrons. The molecule has 21 heavy (non-hydrogen) atoms. The second-order valence-corrected chi connectivity index (χ2v) is 8.20. The van der Waals surface area contributed by atoms with E-state index in [9.17, 15) is 8.42 Å². The van der Waals surface area contributed by atoms with Gasteiger partial charge in [-0.05, 0) is 49.4 Å². The van der Waals surface area contributed by atoms with Crippen molar-refractivity contribution in [1.29, 1.82) is 0 Å². The molecule has 0 bridgehead atoms. The molecule has 1 aliphatic carbocycles. The lowest BCUT2D eigenvalue weighted by atomic mass is 10.1. The van der Waals surface area contributed by atoms with Crippen molar-refractivity contribution >= 4 is 26.0 Å². The number of hydrogen-bond donors (Lipinski definition) is 2. The zero-order valence-electron chi connectivity index (χ0n) is 12.6. The van der Waals surface area contributed by atoms with Crippen molar-refractivity contribution in [2.45, 2.75) is 57.0 Å². The van der Waals surface area contributed by atoms with Gasteiger partial charge in [0, 0.05) is 23.6 Å². The standard InChI is InChI=1S/C15H23BrN2O2S/c1-3-4-7-18-21(19,20)15-9-12(8-14(16)11(15)2)10-17-13-5-6-13/h8-9,13,17-18H,3-7,10H2,1-2H3. The SMILES string of the molecule is CCCCNS(=O)(=O)c1cc(CNC2CC2)cc(Br)c1C. The Morgan fingerprint density at radius 3 is 2.67 bits per heavy atom. The maximum Gasteiger partial charge on any atom is 0.240 e. The highest BCUT2D eigenvalue weighted by Crippen LogP contribution is 2.26. The molecular weight excluding hydrogens is 352 g/mol. The van der Waals surface area contributed by atoms with Gasteiger partial charge in [-0.1, -0.05) is 29.3 Å². The van der Waals surface area contributed by atoms with E-state index < -0.39 is 10.0 Å². The Morgan fingerprint density at radius 2 is 2.05 bits per heavy atom. The molecule has 0 heterocycles. The molecule has 0 spiro atoms. The zero-order chi connectivity index (χ0) is 15.5. The summed E-state index contributed by atoms with van der Waals surface area (Å²) in [5.41, 5.74) is 1.75. The average Bonchev–Trinajstić information content (AvgIpc) is 3.24. The Kier molecular flexibility index (Phi) is 5.82. The van der Waals surface area contributed by atoms with Gasteiger partial charge in [-0.2, -0.15) is 0 Å². The molecule has 1 aromatic carbocycles. The normalized spacial score (nSPS) is 15.4. The van der Waals surface area contributed by atoms with Crippen LogP contribution in [0.5, 0.6) is 0 Å². The third-order valence-corrected chi connectivity index (χ3v) is 6.05. The van der Waals surface area contributed by atoms with E-state index in [0.29, 0.717) is 24.0 Å². The Morgan fingerprint density at radius 1 is 1.33 bits per heavy atom. The number of unbranched alkanes of at least 4 members (excludes halogenated alkanes) is 1. The molecule has 0 aromatic heterocycles. The van der Waals surface area contributed by atoms with Gasteiger partial charge in [0.25, 0.3) is 0 Å². The molecule has 0 amide bonds. The maximum atomic E-state index is 12.4. The van der Waals surface area contributed by atoms with E-state index in [2.05, 4.69) is 26.0 Å². The molecule has 1 aromatic rings. The van der Waals surface area contributed by atoms with Gasteiger partial charge < -0.3 is 5.32 Å². The average molecular weight is 375 g/mol. The van der Waals surface area contributed by atoms with Gasteiger partial charge in [-0.15, -0.1) is 0 Å². The molecule has 0 radical (unpaired) electrons. The van der Waals surface area contributed by atoms with E-state index in [0.717, 1.165) is 28.4 Å². The molecule has 0 atom stereocenters. The van der Waals surface area contributed by atoms with E-state index in [1.807, 2.05) is 19.9 Å². The van der Waals surface area contributed by atoms with Gasteiger partial charge >= 0.3 is 0 Å². The topological polar surface area (TPSA) is 58.2 Å². The van der Waals surface area contributed by atoms with Crippen molar-refractivity contribution < 1.29 is 8.42 Å². The highest BCUT2D eigenvalue weighted by Gasteiger charge is 2.22. The predicted octanol–water partition coefficient (Wildman–Crippen LogP) is 3.09. The smallest absolute Gasteiger partial charge is 0.240 e. The molecule has 6 heteroatoms. The number of rotatable bonds is 8. The molecule has 4 nitrogen and oxygen atoms in total. The second-order valence-electron chi connectivity index (χ2n) is 5.61. The lowest BCUT2D eigenvalue weighted by Crippen LogP contribution is -2.26. The van der Waals surface area contributed by atoms with Gasteiger partial charge in [0.2, 0.25) is 10.0 Å². The van der Waals surface area contributed by atoms with Gasteiger partial charge in [-0.25, -0.2) is 13.1 Å². The van der Waals surface area contributed by atoms with Crippen molar-refractivity contribution in [3.05, 3.63) is 27.7 Å². The third-order valence-electron chi connectivity index (χ3n) is 3.64. The third kappa shape index (κ3) is 4.77. The summed E-state index contributed by atoms with van der Waals surface area (Å²) in [7, 11) is -3.44. The van der Waals surface area contributed by atoms with Crippen LogP contribution in [-0.2, 0) is 16.6 Å². The van der Waals surface area contributed by atoms with Crippen LogP contribution in [0.4, 0.5) is 0 Å². The summed E-state index contributed by atoms with van der Waals surface area (Å²) < 4.78 is 28.4. The highest BCUT2D eigenvalue weighted by atomic mass is 79.9. The number of hydrogen-bond acceptors (Lipinski definition) is 3. The molecular formula is C15H23BrN2O2S. The van der Waals surface area contributed by atoms with Crippen LogP contribution in [0.1, 0.15) is 43.7 Å². The van der Waals surface area contributed by atoms with Crippen molar-refractivity contribution in [2.75, 3.05) is 6.54 Å². The lowest BCUT2D eigenvalue weighted by Gasteiger charge is -2.13. The van der Waals surface area contributed by atoms with E-state index in [1.54, 1.807) is 6.07 Å². The number of benzene rings is 1. The van der Waals surface area contributed by atoms with Crippen molar-refractivity contribution in [2.24, 2.45) is 0 Å². The molecule has 2 N–H and O–H groups in total. The minimum absolute atomic E-state index is 0.376. The quantitative estimate of drug-likeness (QED) is 0.687. The predicted molar refractivity (Wildman–Crippen MR) is 88.8 cm³/mol. The van der Waals surface area contributed by atoms with E-state index in [1.165, 1.54) is 12.8 Å². The summed E-state index contributed by atoms with van der Waals surface area (Å²) in [5.74, 6) is 0.